The molecule has 100 valence electrons. The maximum absolute atomic E-state index is 12.2. The molecule has 19 heavy (non-hydrogen) atoms. The lowest BCUT2D eigenvalue weighted by atomic mass is 9.90. The third-order valence-electron chi connectivity index (χ3n) is 4.02. The number of likely N-dealkylation sites (tertiary alicyclic amines) is 1. The molecule has 3 rings (SSSR count). The molecule has 2 aromatic rings. The highest BCUT2D eigenvalue weighted by Gasteiger charge is 2.21. The maximum atomic E-state index is 12.2. The Hall–Kier alpha value is -1.32. The van der Waals surface area contributed by atoms with Gasteiger partial charge in [-0.05, 0) is 51.0 Å². The molecule has 2 heterocycles. The first kappa shape index (κ1) is 12.7. The van der Waals surface area contributed by atoms with Gasteiger partial charge in [0.05, 0.1) is 10.5 Å². The molecular weight excluding hydrogens is 260 g/mol. The number of nitrogens with one attached hydrogen (secondary N) is 1. The molecule has 1 aromatic carbocycles. The van der Waals surface area contributed by atoms with Crippen LogP contribution in [0.5, 0.6) is 0 Å². The number of halogens is 1. The van der Waals surface area contributed by atoms with Crippen LogP contribution in [0.4, 0.5) is 0 Å². The number of aromatic amines is 1. The number of piperidine rings is 1. The van der Waals surface area contributed by atoms with Gasteiger partial charge in [0.1, 0.15) is 0 Å². The summed E-state index contributed by atoms with van der Waals surface area (Å²) in [7, 11) is 2.13. The van der Waals surface area contributed by atoms with Crippen molar-refractivity contribution in [3.8, 4) is 0 Å². The Labute approximate surface area is 117 Å². The predicted octanol–water partition coefficient (Wildman–Crippen LogP) is 2.99. The second-order valence-electron chi connectivity index (χ2n) is 5.34. The van der Waals surface area contributed by atoms with Gasteiger partial charge in [-0.1, -0.05) is 23.7 Å². The number of rotatable bonds is 1. The van der Waals surface area contributed by atoms with Crippen molar-refractivity contribution < 1.29 is 0 Å². The summed E-state index contributed by atoms with van der Waals surface area (Å²) >= 11 is 6.11. The van der Waals surface area contributed by atoms with Crippen LogP contribution < -0.4 is 5.56 Å². The van der Waals surface area contributed by atoms with Crippen molar-refractivity contribution in [1.82, 2.24) is 9.88 Å². The zero-order chi connectivity index (χ0) is 13.4. The van der Waals surface area contributed by atoms with Crippen LogP contribution in [-0.2, 0) is 0 Å². The van der Waals surface area contributed by atoms with Crippen LogP contribution in [0.1, 0.15) is 24.3 Å². The summed E-state index contributed by atoms with van der Waals surface area (Å²) in [6.07, 6.45) is 2.09. The van der Waals surface area contributed by atoms with Crippen LogP contribution in [0.3, 0.4) is 0 Å². The van der Waals surface area contributed by atoms with Gasteiger partial charge in [-0.3, -0.25) is 4.79 Å². The molecule has 4 heteroatoms. The number of hydrogen-bond donors (Lipinski definition) is 1. The molecule has 0 bridgehead atoms. The van der Waals surface area contributed by atoms with Crippen molar-refractivity contribution in [3.63, 3.8) is 0 Å². The SMILES string of the molecule is CN1CCC(c2cc3cccc(Cl)c3[nH]c2=O)CC1. The number of aromatic nitrogens is 1. The van der Waals surface area contributed by atoms with Gasteiger partial charge < -0.3 is 9.88 Å². The van der Waals surface area contributed by atoms with Crippen molar-refractivity contribution >= 4 is 22.5 Å². The number of pyridine rings is 1. The molecule has 0 aliphatic carbocycles. The Balaban J connectivity index is 2.05. The molecule has 1 saturated heterocycles. The molecule has 0 unspecified atom stereocenters. The van der Waals surface area contributed by atoms with E-state index in [4.69, 9.17) is 11.6 Å². The normalized spacial score (nSPS) is 18.0. The van der Waals surface area contributed by atoms with Crippen molar-refractivity contribution in [3.05, 3.63) is 45.2 Å². The highest BCUT2D eigenvalue weighted by Crippen LogP contribution is 2.28. The van der Waals surface area contributed by atoms with Crippen LogP contribution in [0.15, 0.2) is 29.1 Å². The minimum absolute atomic E-state index is 0.00940. The summed E-state index contributed by atoms with van der Waals surface area (Å²) in [6.45, 7) is 2.11. The van der Waals surface area contributed by atoms with Crippen LogP contribution in [0.2, 0.25) is 5.02 Å². The first-order valence-corrected chi connectivity index (χ1v) is 7.03. The van der Waals surface area contributed by atoms with E-state index in [1.165, 1.54) is 0 Å². The van der Waals surface area contributed by atoms with Gasteiger partial charge in [0, 0.05) is 10.9 Å². The first-order chi connectivity index (χ1) is 9.15. The fourth-order valence-electron chi connectivity index (χ4n) is 2.83. The summed E-state index contributed by atoms with van der Waals surface area (Å²) in [4.78, 5) is 17.5. The molecule has 0 saturated carbocycles. The lowest BCUT2D eigenvalue weighted by Gasteiger charge is -2.28. The summed E-state index contributed by atoms with van der Waals surface area (Å²) < 4.78 is 0. The van der Waals surface area contributed by atoms with Crippen molar-refractivity contribution in [2.75, 3.05) is 20.1 Å². The number of H-pyrrole nitrogens is 1. The summed E-state index contributed by atoms with van der Waals surface area (Å²) in [5.41, 5.74) is 1.66. The smallest absolute Gasteiger partial charge is 0.251 e. The van der Waals surface area contributed by atoms with Gasteiger partial charge in [0.2, 0.25) is 0 Å². The first-order valence-electron chi connectivity index (χ1n) is 6.65. The quantitative estimate of drug-likeness (QED) is 0.869. The van der Waals surface area contributed by atoms with Crippen molar-refractivity contribution in [2.45, 2.75) is 18.8 Å². The fourth-order valence-corrected chi connectivity index (χ4v) is 3.06. The lowest BCUT2D eigenvalue weighted by molar-refractivity contribution is 0.255. The summed E-state index contributed by atoms with van der Waals surface area (Å²) in [6, 6.07) is 7.72. The number of nitrogens with zero attached hydrogens (tertiary/aromatic N) is 1. The Morgan fingerprint density at radius 3 is 2.79 bits per heavy atom. The Morgan fingerprint density at radius 1 is 1.32 bits per heavy atom. The minimum Gasteiger partial charge on any atom is -0.320 e. The third-order valence-corrected chi connectivity index (χ3v) is 4.33. The van der Waals surface area contributed by atoms with Crippen LogP contribution in [0.25, 0.3) is 10.9 Å². The molecular formula is C15H17ClN2O. The zero-order valence-corrected chi connectivity index (χ0v) is 11.7. The topological polar surface area (TPSA) is 36.1 Å². The van der Waals surface area contributed by atoms with E-state index in [2.05, 4.69) is 16.9 Å². The number of hydrogen-bond acceptors (Lipinski definition) is 2. The number of fused-ring (bicyclic) bond motifs is 1. The predicted molar refractivity (Wildman–Crippen MR) is 79.1 cm³/mol. The van der Waals surface area contributed by atoms with Crippen LogP contribution in [-0.4, -0.2) is 30.0 Å². The summed E-state index contributed by atoms with van der Waals surface area (Å²) in [5.74, 6) is 0.364. The Bertz CT molecular complexity index is 657. The van der Waals surface area contributed by atoms with E-state index in [0.29, 0.717) is 10.9 Å². The second-order valence-corrected chi connectivity index (χ2v) is 5.74. The fraction of sp³-hybridized carbons (Fsp3) is 0.400. The highest BCUT2D eigenvalue weighted by atomic mass is 35.5. The molecule has 0 amide bonds. The Kier molecular flexibility index (Phi) is 3.33. The average molecular weight is 277 g/mol. The van der Waals surface area contributed by atoms with Crippen molar-refractivity contribution in [1.29, 1.82) is 0 Å². The average Bonchev–Trinajstić information content (AvgIpc) is 2.40. The number of benzene rings is 1. The van der Waals surface area contributed by atoms with E-state index in [9.17, 15) is 4.79 Å². The van der Waals surface area contributed by atoms with E-state index in [1.54, 1.807) is 6.07 Å². The molecule has 1 fully saturated rings. The minimum atomic E-state index is 0.00940. The van der Waals surface area contributed by atoms with E-state index in [-0.39, 0.29) is 5.56 Å². The molecule has 1 N–H and O–H groups in total. The van der Waals surface area contributed by atoms with Crippen LogP contribution in [0, 0.1) is 0 Å². The molecule has 1 aliphatic rings. The maximum Gasteiger partial charge on any atom is 0.251 e. The van der Waals surface area contributed by atoms with Gasteiger partial charge >= 0.3 is 0 Å². The standard InChI is InChI=1S/C15H17ClN2O/c1-18-7-5-10(6-8-18)12-9-11-3-2-4-13(16)14(11)17-15(12)19/h2-4,9-10H,5-8H2,1H3,(H,17,19). The lowest BCUT2D eigenvalue weighted by Crippen LogP contribution is -2.31. The molecule has 1 aromatic heterocycles. The molecule has 3 nitrogen and oxygen atoms in total. The Morgan fingerprint density at radius 2 is 2.05 bits per heavy atom. The molecule has 0 radical (unpaired) electrons. The van der Waals surface area contributed by atoms with Gasteiger partial charge in [-0.15, -0.1) is 0 Å². The van der Waals surface area contributed by atoms with Crippen LogP contribution >= 0.6 is 11.6 Å². The van der Waals surface area contributed by atoms with Crippen molar-refractivity contribution in [2.24, 2.45) is 0 Å². The molecule has 0 spiro atoms. The van der Waals surface area contributed by atoms with Gasteiger partial charge in [-0.25, -0.2) is 0 Å². The highest BCUT2D eigenvalue weighted by molar-refractivity contribution is 6.35. The number of para-hydroxylation sites is 1. The molecule has 1 aliphatic heterocycles. The van der Waals surface area contributed by atoms with E-state index >= 15 is 0 Å². The summed E-state index contributed by atoms with van der Waals surface area (Å²) in [5, 5.41) is 1.62. The molecule has 0 atom stereocenters. The monoisotopic (exact) mass is 276 g/mol. The van der Waals surface area contributed by atoms with Gasteiger partial charge in [0.15, 0.2) is 0 Å². The van der Waals surface area contributed by atoms with Gasteiger partial charge in [0.25, 0.3) is 5.56 Å². The van der Waals surface area contributed by atoms with Gasteiger partial charge in [-0.2, -0.15) is 0 Å². The largest absolute Gasteiger partial charge is 0.320 e. The third kappa shape index (κ3) is 2.40. The van der Waals surface area contributed by atoms with E-state index in [1.807, 2.05) is 18.2 Å². The van der Waals surface area contributed by atoms with E-state index in [0.717, 1.165) is 42.4 Å². The zero-order valence-electron chi connectivity index (χ0n) is 10.9. The second kappa shape index (κ2) is 4.99. The van der Waals surface area contributed by atoms with E-state index < -0.39 is 0 Å².